The molecule has 0 bridgehead atoms. The Bertz CT molecular complexity index is 739. The van der Waals surface area contributed by atoms with Gasteiger partial charge in [-0.05, 0) is 38.5 Å². The first-order valence-electron chi connectivity index (χ1n) is 8.39. The lowest BCUT2D eigenvalue weighted by molar-refractivity contribution is -0.138. The van der Waals surface area contributed by atoms with E-state index in [1.807, 2.05) is 13.8 Å². The maximum Gasteiger partial charge on any atom is 0.338 e. The van der Waals surface area contributed by atoms with Gasteiger partial charge in [0.2, 0.25) is 0 Å². The summed E-state index contributed by atoms with van der Waals surface area (Å²) in [7, 11) is 1.54. The molecule has 0 fully saturated rings. The number of esters is 1. The highest BCUT2D eigenvalue weighted by molar-refractivity contribution is 5.95. The van der Waals surface area contributed by atoms with Crippen molar-refractivity contribution >= 4 is 12.0 Å². The number of nitrogens with one attached hydrogen (secondary N) is 2. The summed E-state index contributed by atoms with van der Waals surface area (Å²) in [6.45, 7) is 6.06. The molecule has 1 aliphatic heterocycles. The van der Waals surface area contributed by atoms with E-state index >= 15 is 0 Å². The second kappa shape index (κ2) is 8.94. The second-order valence-electron chi connectivity index (χ2n) is 5.58. The van der Waals surface area contributed by atoms with Crippen LogP contribution in [0.1, 0.15) is 32.4 Å². The Labute approximate surface area is 153 Å². The van der Waals surface area contributed by atoms with Crippen LogP contribution in [0.15, 0.2) is 41.6 Å². The zero-order valence-corrected chi connectivity index (χ0v) is 15.4. The van der Waals surface area contributed by atoms with Gasteiger partial charge in [-0.25, -0.2) is 9.59 Å². The molecule has 1 aliphatic rings. The summed E-state index contributed by atoms with van der Waals surface area (Å²) in [5.41, 5.74) is 1.50. The molecule has 0 aliphatic carbocycles. The van der Waals surface area contributed by atoms with E-state index in [1.54, 1.807) is 37.3 Å². The predicted molar refractivity (Wildman–Crippen MR) is 97.0 cm³/mol. The third-order valence-corrected chi connectivity index (χ3v) is 3.86. The van der Waals surface area contributed by atoms with Crippen LogP contribution in [-0.2, 0) is 9.53 Å². The van der Waals surface area contributed by atoms with Gasteiger partial charge in [0.1, 0.15) is 6.61 Å². The van der Waals surface area contributed by atoms with Crippen LogP contribution in [0.25, 0.3) is 0 Å². The maximum absolute atomic E-state index is 12.5. The number of methoxy groups -OCH3 is 1. The van der Waals surface area contributed by atoms with Crippen molar-refractivity contribution in [2.24, 2.45) is 0 Å². The number of carbonyl (C=O) groups excluding carboxylic acids is 2. The fourth-order valence-corrected chi connectivity index (χ4v) is 2.65. The average molecular weight is 360 g/mol. The van der Waals surface area contributed by atoms with Crippen LogP contribution in [0.4, 0.5) is 4.79 Å². The summed E-state index contributed by atoms with van der Waals surface area (Å²) < 4.78 is 16.1. The molecule has 0 aromatic heterocycles. The Morgan fingerprint density at radius 2 is 2.08 bits per heavy atom. The van der Waals surface area contributed by atoms with E-state index in [0.29, 0.717) is 34.9 Å². The Morgan fingerprint density at radius 1 is 1.31 bits per heavy atom. The summed E-state index contributed by atoms with van der Waals surface area (Å²) in [4.78, 5) is 24.5. The Hall–Kier alpha value is -2.96. The van der Waals surface area contributed by atoms with Crippen molar-refractivity contribution < 1.29 is 23.8 Å². The highest BCUT2D eigenvalue weighted by Gasteiger charge is 2.32. The van der Waals surface area contributed by atoms with Crippen LogP contribution in [0, 0.1) is 0 Å². The smallest absolute Gasteiger partial charge is 0.338 e. The summed E-state index contributed by atoms with van der Waals surface area (Å²) in [5.74, 6) is 0.624. The fraction of sp³-hybridized carbons (Fsp3) is 0.368. The molecule has 1 aromatic carbocycles. The van der Waals surface area contributed by atoms with E-state index in [9.17, 15) is 9.59 Å². The largest absolute Gasteiger partial charge is 0.493 e. The van der Waals surface area contributed by atoms with Gasteiger partial charge in [-0.2, -0.15) is 0 Å². The molecule has 2 amide bonds. The minimum atomic E-state index is -0.647. The van der Waals surface area contributed by atoms with E-state index in [4.69, 9.17) is 14.2 Å². The molecule has 0 saturated carbocycles. The van der Waals surface area contributed by atoms with Gasteiger partial charge in [-0.1, -0.05) is 18.2 Å². The topological polar surface area (TPSA) is 85.9 Å². The second-order valence-corrected chi connectivity index (χ2v) is 5.58. The zero-order valence-electron chi connectivity index (χ0n) is 15.4. The van der Waals surface area contributed by atoms with E-state index in [2.05, 4.69) is 10.6 Å². The number of benzene rings is 1. The van der Waals surface area contributed by atoms with Crippen LogP contribution in [-0.4, -0.2) is 32.3 Å². The number of urea groups is 1. The number of carbonyl (C=O) groups is 2. The number of allylic oxidation sites excluding steroid dienone is 2. The lowest BCUT2D eigenvalue weighted by Crippen LogP contribution is -2.45. The van der Waals surface area contributed by atoms with Crippen molar-refractivity contribution in [3.63, 3.8) is 0 Å². The molecule has 1 aromatic rings. The lowest BCUT2D eigenvalue weighted by Gasteiger charge is -2.28. The highest BCUT2D eigenvalue weighted by Crippen LogP contribution is 2.34. The molecule has 2 N–H and O–H groups in total. The summed E-state index contributed by atoms with van der Waals surface area (Å²) in [6.07, 6.45) is 3.53. The standard InChI is InChI=1S/C19H24N2O5/c1-5-7-10-26-18(22)16-12(3)20-19(23)21-17(16)13-8-9-14(25-6-2)15(11-13)24-4/h5,7-9,11,17H,6,10H2,1-4H3,(H2,20,21,23). The first kappa shape index (κ1) is 19.4. The van der Waals surface area contributed by atoms with Gasteiger partial charge < -0.3 is 24.8 Å². The Balaban J connectivity index is 2.39. The van der Waals surface area contributed by atoms with Gasteiger partial charge in [0.25, 0.3) is 0 Å². The molecule has 26 heavy (non-hydrogen) atoms. The maximum atomic E-state index is 12.5. The van der Waals surface area contributed by atoms with Crippen LogP contribution in [0.2, 0.25) is 0 Å². The third kappa shape index (κ3) is 4.36. The lowest BCUT2D eigenvalue weighted by atomic mass is 9.95. The molecule has 0 spiro atoms. The highest BCUT2D eigenvalue weighted by atomic mass is 16.5. The number of hydrogen-bond donors (Lipinski definition) is 2. The minimum Gasteiger partial charge on any atom is -0.493 e. The SMILES string of the molecule is CC=CCOC(=O)C1=C(C)NC(=O)NC1c1ccc(OCC)c(OC)c1. The number of rotatable bonds is 7. The van der Waals surface area contributed by atoms with E-state index in [0.717, 1.165) is 0 Å². The van der Waals surface area contributed by atoms with Crippen molar-refractivity contribution in [2.75, 3.05) is 20.3 Å². The van der Waals surface area contributed by atoms with Gasteiger partial charge in [0.05, 0.1) is 25.3 Å². The average Bonchev–Trinajstić information content (AvgIpc) is 2.61. The summed E-state index contributed by atoms with van der Waals surface area (Å²) >= 11 is 0. The monoisotopic (exact) mass is 360 g/mol. The van der Waals surface area contributed by atoms with Crippen LogP contribution < -0.4 is 20.1 Å². The fourth-order valence-electron chi connectivity index (χ4n) is 2.65. The minimum absolute atomic E-state index is 0.166. The van der Waals surface area contributed by atoms with Gasteiger partial charge >= 0.3 is 12.0 Å². The zero-order chi connectivity index (χ0) is 19.1. The first-order chi connectivity index (χ1) is 12.5. The molecular formula is C19H24N2O5. The van der Waals surface area contributed by atoms with Crippen molar-refractivity contribution in [2.45, 2.75) is 26.8 Å². The number of ether oxygens (including phenoxy) is 3. The summed E-state index contributed by atoms with van der Waals surface area (Å²) in [5, 5.41) is 5.38. The van der Waals surface area contributed by atoms with Gasteiger partial charge in [-0.3, -0.25) is 0 Å². The molecule has 1 heterocycles. The number of hydrogen-bond acceptors (Lipinski definition) is 5. The van der Waals surface area contributed by atoms with Gasteiger partial charge in [-0.15, -0.1) is 0 Å². The molecule has 140 valence electrons. The molecule has 7 nitrogen and oxygen atoms in total. The van der Waals surface area contributed by atoms with Crippen LogP contribution in [0.5, 0.6) is 11.5 Å². The molecule has 2 rings (SSSR count). The van der Waals surface area contributed by atoms with E-state index < -0.39 is 12.0 Å². The Morgan fingerprint density at radius 3 is 2.73 bits per heavy atom. The molecule has 0 radical (unpaired) electrons. The van der Waals surface area contributed by atoms with Crippen LogP contribution >= 0.6 is 0 Å². The van der Waals surface area contributed by atoms with Crippen molar-refractivity contribution in [3.05, 3.63) is 47.2 Å². The van der Waals surface area contributed by atoms with Gasteiger partial charge in [0, 0.05) is 5.70 Å². The molecule has 1 atom stereocenters. The Kier molecular flexibility index (Phi) is 6.66. The molecule has 0 saturated heterocycles. The predicted octanol–water partition coefficient (Wildman–Crippen LogP) is 2.84. The normalized spacial score (nSPS) is 16.9. The van der Waals surface area contributed by atoms with Crippen molar-refractivity contribution in [1.29, 1.82) is 0 Å². The third-order valence-electron chi connectivity index (χ3n) is 3.86. The first-order valence-corrected chi connectivity index (χ1v) is 8.39. The van der Waals surface area contributed by atoms with E-state index in [1.165, 1.54) is 7.11 Å². The number of amides is 2. The van der Waals surface area contributed by atoms with Crippen molar-refractivity contribution in [3.8, 4) is 11.5 Å². The summed E-state index contributed by atoms with van der Waals surface area (Å²) in [6, 6.07) is 4.25. The van der Waals surface area contributed by atoms with Crippen molar-refractivity contribution in [1.82, 2.24) is 10.6 Å². The van der Waals surface area contributed by atoms with Crippen LogP contribution in [0.3, 0.4) is 0 Å². The molecule has 1 unspecified atom stereocenters. The quantitative estimate of drug-likeness (QED) is 0.577. The van der Waals surface area contributed by atoms with E-state index in [-0.39, 0.29) is 12.6 Å². The molecule has 7 heteroatoms. The molecular weight excluding hydrogens is 336 g/mol. The van der Waals surface area contributed by atoms with Gasteiger partial charge in [0.15, 0.2) is 11.5 Å².